The first-order valence-electron chi connectivity index (χ1n) is 8.72. The molecule has 0 bridgehead atoms. The quantitative estimate of drug-likeness (QED) is 0.568. The summed E-state index contributed by atoms with van der Waals surface area (Å²) in [4.78, 5) is 2.39. The minimum absolute atomic E-state index is 0.0274. The van der Waals surface area contributed by atoms with Crippen LogP contribution < -0.4 is 0 Å². The summed E-state index contributed by atoms with van der Waals surface area (Å²) >= 11 is 0. The Morgan fingerprint density at radius 2 is 2.00 bits per heavy atom. The molecule has 3 heteroatoms. The predicted molar refractivity (Wildman–Crippen MR) is 97.3 cm³/mol. The first-order valence-corrected chi connectivity index (χ1v) is 12.3. The maximum absolute atomic E-state index is 6.56. The largest absolute Gasteiger partial charge is 0.356 e. The van der Waals surface area contributed by atoms with Gasteiger partial charge in [0.15, 0.2) is 0 Å². The van der Waals surface area contributed by atoms with Crippen molar-refractivity contribution in [1.82, 2.24) is 4.90 Å². The summed E-state index contributed by atoms with van der Waals surface area (Å²) in [6.45, 7) is 14.8. The molecule has 0 aromatic heterocycles. The minimum Gasteiger partial charge on any atom is -0.356 e. The molecule has 2 nitrogen and oxygen atoms in total. The van der Waals surface area contributed by atoms with Gasteiger partial charge in [0.1, 0.15) is 6.23 Å². The SMILES string of the molecule is C#CCN1C(/C=C/[Si](C)(C)C)OC2C(C)CCCC2C1(C)C. The van der Waals surface area contributed by atoms with Crippen LogP contribution in [0.1, 0.15) is 40.0 Å². The van der Waals surface area contributed by atoms with E-state index < -0.39 is 8.07 Å². The molecule has 1 saturated heterocycles. The summed E-state index contributed by atoms with van der Waals surface area (Å²) in [5.41, 5.74) is 2.49. The van der Waals surface area contributed by atoms with Crippen molar-refractivity contribution in [2.24, 2.45) is 11.8 Å². The molecule has 2 aliphatic rings. The molecule has 4 atom stereocenters. The molecule has 4 unspecified atom stereocenters. The van der Waals surface area contributed by atoms with Crippen LogP contribution in [0.15, 0.2) is 11.8 Å². The monoisotopic (exact) mass is 319 g/mol. The molecule has 2 fully saturated rings. The lowest BCUT2D eigenvalue weighted by atomic mass is 9.69. The lowest BCUT2D eigenvalue weighted by Crippen LogP contribution is -2.65. The smallest absolute Gasteiger partial charge is 0.131 e. The van der Waals surface area contributed by atoms with Crippen molar-refractivity contribution in [3.8, 4) is 12.3 Å². The van der Waals surface area contributed by atoms with Crippen molar-refractivity contribution < 1.29 is 4.74 Å². The van der Waals surface area contributed by atoms with Crippen molar-refractivity contribution in [3.63, 3.8) is 0 Å². The minimum atomic E-state index is -1.24. The average Bonchev–Trinajstić information content (AvgIpc) is 2.40. The Bertz CT molecular complexity index is 457. The van der Waals surface area contributed by atoms with E-state index in [1.54, 1.807) is 0 Å². The Morgan fingerprint density at radius 1 is 1.32 bits per heavy atom. The highest BCUT2D eigenvalue weighted by Crippen LogP contribution is 2.45. The molecule has 1 heterocycles. The molecule has 22 heavy (non-hydrogen) atoms. The van der Waals surface area contributed by atoms with Gasteiger partial charge in [0, 0.05) is 11.5 Å². The number of hydrogen-bond donors (Lipinski definition) is 0. The number of hydrogen-bond acceptors (Lipinski definition) is 2. The van der Waals surface area contributed by atoms with E-state index in [1.165, 1.54) is 19.3 Å². The topological polar surface area (TPSA) is 12.5 Å². The Labute approximate surface area is 138 Å². The van der Waals surface area contributed by atoms with Crippen molar-refractivity contribution in [3.05, 3.63) is 11.8 Å². The van der Waals surface area contributed by atoms with Crippen LogP contribution >= 0.6 is 0 Å². The molecule has 0 amide bonds. The molecule has 124 valence electrons. The standard InChI is InChI=1S/C19H33NOSi/c1-8-13-20-17(12-14-22(5,6)7)21-18-15(2)10-9-11-16(18)19(20,3)4/h1,12,14-18H,9-11,13H2,2-7H3/b14-12+. The van der Waals surface area contributed by atoms with Crippen LogP contribution in [0.5, 0.6) is 0 Å². The van der Waals surface area contributed by atoms with E-state index in [0.717, 1.165) is 0 Å². The summed E-state index contributed by atoms with van der Waals surface area (Å²) in [7, 11) is -1.24. The zero-order valence-electron chi connectivity index (χ0n) is 15.2. The maximum atomic E-state index is 6.56. The van der Waals surface area contributed by atoms with Gasteiger partial charge in [-0.15, -0.1) is 6.42 Å². The molecule has 0 spiro atoms. The van der Waals surface area contributed by atoms with Crippen LogP contribution in [0.3, 0.4) is 0 Å². The molecular formula is C19H33NOSi. The Morgan fingerprint density at radius 3 is 2.59 bits per heavy atom. The average molecular weight is 320 g/mol. The van der Waals surface area contributed by atoms with Crippen molar-refractivity contribution in [1.29, 1.82) is 0 Å². The molecule has 1 aliphatic carbocycles. The van der Waals surface area contributed by atoms with Gasteiger partial charge in [-0.05, 0) is 38.7 Å². The van der Waals surface area contributed by atoms with Gasteiger partial charge in [-0.2, -0.15) is 0 Å². The van der Waals surface area contributed by atoms with Gasteiger partial charge >= 0.3 is 0 Å². The summed E-state index contributed by atoms with van der Waals surface area (Å²) in [6, 6.07) is 0. The van der Waals surface area contributed by atoms with Gasteiger partial charge in [0.2, 0.25) is 0 Å². The lowest BCUT2D eigenvalue weighted by molar-refractivity contribution is -0.220. The van der Waals surface area contributed by atoms with E-state index >= 15 is 0 Å². The van der Waals surface area contributed by atoms with Gasteiger partial charge in [-0.25, -0.2) is 0 Å². The van der Waals surface area contributed by atoms with E-state index in [-0.39, 0.29) is 11.8 Å². The van der Waals surface area contributed by atoms with E-state index in [2.05, 4.69) is 63.0 Å². The first kappa shape index (κ1) is 17.8. The number of rotatable bonds is 3. The molecule has 1 saturated carbocycles. The molecular weight excluding hydrogens is 286 g/mol. The summed E-state index contributed by atoms with van der Waals surface area (Å²) in [5.74, 6) is 4.08. The normalized spacial score (nSPS) is 36.0. The van der Waals surface area contributed by atoms with Crippen LogP contribution in [0.25, 0.3) is 0 Å². The fraction of sp³-hybridized carbons (Fsp3) is 0.789. The van der Waals surface area contributed by atoms with E-state index in [9.17, 15) is 0 Å². The highest BCUT2D eigenvalue weighted by molar-refractivity contribution is 6.80. The number of ether oxygens (including phenoxy) is 1. The number of terminal acetylenes is 1. The number of fused-ring (bicyclic) bond motifs is 1. The third-order valence-electron chi connectivity index (χ3n) is 5.41. The molecule has 2 rings (SSSR count). The molecule has 0 aromatic carbocycles. The summed E-state index contributed by atoms with van der Waals surface area (Å²) in [6.07, 6.45) is 12.2. The molecule has 0 radical (unpaired) electrons. The van der Waals surface area contributed by atoms with Crippen molar-refractivity contribution >= 4 is 8.07 Å². The second-order valence-corrected chi connectivity index (χ2v) is 13.8. The number of nitrogens with zero attached hydrogens (tertiary/aromatic N) is 1. The van der Waals surface area contributed by atoms with E-state index in [0.29, 0.717) is 24.5 Å². The van der Waals surface area contributed by atoms with Crippen molar-refractivity contribution in [2.45, 2.75) is 77.5 Å². The highest BCUT2D eigenvalue weighted by atomic mass is 28.3. The van der Waals surface area contributed by atoms with Gasteiger partial charge in [-0.1, -0.05) is 44.6 Å². The predicted octanol–water partition coefficient (Wildman–Crippen LogP) is 4.29. The van der Waals surface area contributed by atoms with Gasteiger partial charge in [0.05, 0.1) is 20.7 Å². The summed E-state index contributed by atoms with van der Waals surface area (Å²) < 4.78 is 6.56. The van der Waals surface area contributed by atoms with Crippen LogP contribution in [0.4, 0.5) is 0 Å². The fourth-order valence-electron chi connectivity index (χ4n) is 4.06. The van der Waals surface area contributed by atoms with Crippen LogP contribution in [0.2, 0.25) is 19.6 Å². The second kappa shape index (κ2) is 6.51. The second-order valence-electron chi connectivity index (χ2n) is 8.72. The van der Waals surface area contributed by atoms with E-state index in [4.69, 9.17) is 11.2 Å². The van der Waals surface area contributed by atoms with Crippen LogP contribution in [-0.4, -0.2) is 37.4 Å². The third kappa shape index (κ3) is 3.67. The Kier molecular flexibility index (Phi) is 5.26. The highest BCUT2D eigenvalue weighted by Gasteiger charge is 2.50. The Balaban J connectivity index is 2.31. The molecule has 0 aromatic rings. The summed E-state index contributed by atoms with van der Waals surface area (Å²) in [5, 5.41) is 0. The zero-order chi connectivity index (χ0) is 16.5. The molecule has 0 N–H and O–H groups in total. The maximum Gasteiger partial charge on any atom is 0.131 e. The van der Waals surface area contributed by atoms with Gasteiger partial charge < -0.3 is 4.74 Å². The lowest BCUT2D eigenvalue weighted by Gasteiger charge is -2.57. The van der Waals surface area contributed by atoms with Crippen LogP contribution in [-0.2, 0) is 4.74 Å². The fourth-order valence-corrected chi connectivity index (χ4v) is 4.80. The third-order valence-corrected chi connectivity index (χ3v) is 6.60. The zero-order valence-corrected chi connectivity index (χ0v) is 16.2. The van der Waals surface area contributed by atoms with Gasteiger partial charge in [0.25, 0.3) is 0 Å². The Hall–Kier alpha value is -0.563. The van der Waals surface area contributed by atoms with Crippen LogP contribution in [0, 0.1) is 24.2 Å². The van der Waals surface area contributed by atoms with Gasteiger partial charge in [-0.3, -0.25) is 4.90 Å². The van der Waals surface area contributed by atoms with Crippen molar-refractivity contribution in [2.75, 3.05) is 6.54 Å². The first-order chi connectivity index (χ1) is 10.2. The molecule has 1 aliphatic heterocycles. The van der Waals surface area contributed by atoms with E-state index in [1.807, 2.05) is 0 Å².